The molecule has 0 radical (unpaired) electrons. The maximum atomic E-state index is 6.79. The Morgan fingerprint density at radius 2 is 0.833 bits per heavy atom. The van der Waals surface area contributed by atoms with Crippen LogP contribution >= 0.6 is 0 Å². The van der Waals surface area contributed by atoms with Gasteiger partial charge in [-0.3, -0.25) is 19.5 Å². The molecule has 6 heteroatoms. The highest BCUT2D eigenvalue weighted by Gasteiger charge is 2.50. The second kappa shape index (κ2) is 17.6. The van der Waals surface area contributed by atoms with Crippen LogP contribution in [0, 0.1) is 0 Å². The Hall–Kier alpha value is -0.760. The van der Waals surface area contributed by atoms with Gasteiger partial charge in [-0.05, 0) is 133 Å². The molecule has 0 aromatic carbocycles. The Labute approximate surface area is 297 Å². The second-order valence-corrected chi connectivity index (χ2v) is 18.7. The lowest BCUT2D eigenvalue weighted by atomic mass is 9.78. The molecule has 0 spiro atoms. The lowest BCUT2D eigenvalue weighted by Gasteiger charge is -2.56. The molecule has 48 heavy (non-hydrogen) atoms. The maximum Gasteiger partial charge on any atom is 0.0793 e. The highest BCUT2D eigenvalue weighted by atomic mass is 16.7. The first-order chi connectivity index (χ1) is 22.7. The van der Waals surface area contributed by atoms with Gasteiger partial charge in [-0.15, -0.1) is 13.2 Å². The topological polar surface area (TPSA) is 31.4 Å². The molecule has 0 amide bonds. The first-order valence-corrected chi connectivity index (χ1v) is 20.3. The van der Waals surface area contributed by atoms with E-state index in [9.17, 15) is 0 Å². The quantitative estimate of drug-likeness (QED) is 0.113. The summed E-state index contributed by atoms with van der Waals surface area (Å²) < 4.78 is 0. The van der Waals surface area contributed by atoms with Crippen molar-refractivity contribution in [1.29, 1.82) is 0 Å². The molecule has 0 aromatic heterocycles. The minimum Gasteiger partial charge on any atom is -0.297 e. The van der Waals surface area contributed by atoms with E-state index >= 15 is 0 Å². The van der Waals surface area contributed by atoms with Gasteiger partial charge in [0.05, 0.1) is 12.2 Å². The maximum absolute atomic E-state index is 6.79. The first-order valence-electron chi connectivity index (χ1n) is 20.3. The number of hydrogen-bond donors (Lipinski definition) is 0. The Morgan fingerprint density at radius 3 is 1.12 bits per heavy atom. The summed E-state index contributed by atoms with van der Waals surface area (Å²) in [5.41, 5.74) is 0.0523. The molecule has 0 unspecified atom stereocenters. The van der Waals surface area contributed by atoms with E-state index < -0.39 is 0 Å². The van der Waals surface area contributed by atoms with Gasteiger partial charge in [0.15, 0.2) is 0 Å². The van der Waals surface area contributed by atoms with Crippen LogP contribution in [0.4, 0.5) is 0 Å². The fourth-order valence-corrected chi connectivity index (χ4v) is 10.3. The molecular weight excluding hydrogens is 592 g/mol. The monoisotopic (exact) mass is 671 g/mol. The molecular formula is C42H78N4O2. The van der Waals surface area contributed by atoms with Crippen LogP contribution in [0.3, 0.4) is 0 Å². The molecule has 2 saturated heterocycles. The minimum absolute atomic E-state index is 0.0131. The largest absolute Gasteiger partial charge is 0.297 e. The summed E-state index contributed by atoms with van der Waals surface area (Å²) in [6.45, 7) is 31.8. The number of piperidine rings is 2. The van der Waals surface area contributed by atoms with Crippen LogP contribution in [-0.4, -0.2) is 92.6 Å². The highest BCUT2D eigenvalue weighted by Crippen LogP contribution is 2.43. The van der Waals surface area contributed by atoms with E-state index in [2.05, 4.69) is 101 Å². The molecule has 2 saturated carbocycles. The van der Waals surface area contributed by atoms with Crippen molar-refractivity contribution in [2.75, 3.05) is 26.2 Å². The third-order valence-electron chi connectivity index (χ3n) is 12.2. The van der Waals surface area contributed by atoms with Gasteiger partial charge < -0.3 is 0 Å². The summed E-state index contributed by atoms with van der Waals surface area (Å²) in [4.78, 5) is 19.0. The first kappa shape index (κ1) is 40.0. The zero-order valence-electron chi connectivity index (χ0n) is 33.0. The molecule has 278 valence electrons. The lowest BCUT2D eigenvalue weighted by molar-refractivity contribution is -0.314. The van der Waals surface area contributed by atoms with Gasteiger partial charge in [0.1, 0.15) is 0 Å². The van der Waals surface area contributed by atoms with E-state index in [-0.39, 0.29) is 22.2 Å². The summed E-state index contributed by atoms with van der Waals surface area (Å²) >= 11 is 0. The van der Waals surface area contributed by atoms with Crippen LogP contribution in [0.2, 0.25) is 0 Å². The number of unbranched alkanes of at least 4 members (excludes halogenated alkanes) is 3. The van der Waals surface area contributed by atoms with Crippen LogP contribution in [0.25, 0.3) is 0 Å². The van der Waals surface area contributed by atoms with Crippen molar-refractivity contribution in [2.24, 2.45) is 0 Å². The molecule has 4 aliphatic rings. The number of hydroxylamine groups is 4. The fraction of sp³-hybridized carbons (Fsp3) is 0.905. The Morgan fingerprint density at radius 1 is 0.521 bits per heavy atom. The van der Waals surface area contributed by atoms with Gasteiger partial charge in [0, 0.05) is 47.3 Å². The molecule has 2 aliphatic heterocycles. The summed E-state index contributed by atoms with van der Waals surface area (Å²) in [7, 11) is 0. The van der Waals surface area contributed by atoms with Crippen molar-refractivity contribution in [3.63, 3.8) is 0 Å². The predicted molar refractivity (Wildman–Crippen MR) is 204 cm³/mol. The van der Waals surface area contributed by atoms with Gasteiger partial charge in [-0.2, -0.15) is 10.1 Å². The van der Waals surface area contributed by atoms with E-state index in [1.807, 2.05) is 0 Å². The molecule has 4 fully saturated rings. The smallest absolute Gasteiger partial charge is 0.0793 e. The van der Waals surface area contributed by atoms with Gasteiger partial charge >= 0.3 is 0 Å². The zero-order chi connectivity index (χ0) is 35.0. The Bertz CT molecular complexity index is 866. The molecule has 2 aliphatic carbocycles. The minimum atomic E-state index is 0.0131. The molecule has 0 aromatic rings. The lowest BCUT2D eigenvalue weighted by Crippen LogP contribution is -2.64. The summed E-state index contributed by atoms with van der Waals surface area (Å²) in [6, 6.07) is 1.11. The summed E-state index contributed by atoms with van der Waals surface area (Å²) in [5.74, 6) is 0. The van der Waals surface area contributed by atoms with Crippen LogP contribution in [0.1, 0.15) is 171 Å². The average Bonchev–Trinajstić information content (AvgIpc) is 3.01. The van der Waals surface area contributed by atoms with Crippen molar-refractivity contribution in [2.45, 2.75) is 217 Å². The summed E-state index contributed by atoms with van der Waals surface area (Å²) in [6.07, 6.45) is 27.5. The van der Waals surface area contributed by atoms with E-state index in [0.29, 0.717) is 24.3 Å². The average molecular weight is 671 g/mol. The fourth-order valence-electron chi connectivity index (χ4n) is 10.3. The molecule has 0 bridgehead atoms. The molecule has 6 nitrogen and oxygen atoms in total. The van der Waals surface area contributed by atoms with Gasteiger partial charge in [0.25, 0.3) is 0 Å². The molecule has 4 rings (SSSR count). The Kier molecular flexibility index (Phi) is 14.7. The highest BCUT2D eigenvalue weighted by molar-refractivity contribution is 5.02. The number of rotatable bonds is 17. The van der Waals surface area contributed by atoms with Gasteiger partial charge in [-0.1, -0.05) is 63.5 Å². The molecule has 0 N–H and O–H groups in total. The van der Waals surface area contributed by atoms with Crippen molar-refractivity contribution in [3.8, 4) is 0 Å². The van der Waals surface area contributed by atoms with Crippen molar-refractivity contribution < 1.29 is 9.68 Å². The normalized spacial score (nSPS) is 26.3. The van der Waals surface area contributed by atoms with Crippen molar-refractivity contribution in [1.82, 2.24) is 19.9 Å². The molecule has 0 atom stereocenters. The number of hydrogen-bond acceptors (Lipinski definition) is 6. The van der Waals surface area contributed by atoms with Crippen LogP contribution in [0.15, 0.2) is 25.3 Å². The van der Waals surface area contributed by atoms with Gasteiger partial charge in [0.2, 0.25) is 0 Å². The standard InChI is InChI=1S/C42H78N4O2/c1-11-27-43(35-31-39(3,4)45(40(5,6)32-35)47-37-23-17-15-18-24-37)29-21-13-14-22-30-44(28-12-2)36-33-41(7,8)46(42(9,10)34-36)48-38-25-19-16-20-26-38/h11-12,35-38H,1-2,13-34H2,3-10H3. The third-order valence-corrected chi connectivity index (χ3v) is 12.2. The van der Waals surface area contributed by atoms with Crippen LogP contribution in [-0.2, 0) is 9.68 Å². The molecule has 2 heterocycles. The van der Waals surface area contributed by atoms with E-state index in [1.54, 1.807) is 0 Å². The third kappa shape index (κ3) is 10.9. The predicted octanol–water partition coefficient (Wildman–Crippen LogP) is 10.1. The van der Waals surface area contributed by atoms with Crippen molar-refractivity contribution in [3.05, 3.63) is 25.3 Å². The Balaban J connectivity index is 1.25. The van der Waals surface area contributed by atoms with E-state index in [0.717, 1.165) is 51.9 Å². The SMILES string of the molecule is C=CCN(CCCCCCN(CC=C)C1CC(C)(C)N(OC2CCCCC2)C(C)(C)C1)C1CC(C)(C)N(OC2CCCCC2)C(C)(C)C1. The number of nitrogens with zero attached hydrogens (tertiary/aromatic N) is 4. The van der Waals surface area contributed by atoms with E-state index in [1.165, 1.54) is 89.9 Å². The van der Waals surface area contributed by atoms with Crippen molar-refractivity contribution >= 4 is 0 Å². The van der Waals surface area contributed by atoms with Crippen LogP contribution < -0.4 is 0 Å². The van der Waals surface area contributed by atoms with Gasteiger partial charge in [-0.25, -0.2) is 0 Å². The van der Waals surface area contributed by atoms with E-state index in [4.69, 9.17) is 9.68 Å². The summed E-state index contributed by atoms with van der Waals surface area (Å²) in [5, 5.41) is 4.81. The van der Waals surface area contributed by atoms with Crippen LogP contribution in [0.5, 0.6) is 0 Å². The zero-order valence-corrected chi connectivity index (χ0v) is 33.0. The second-order valence-electron chi connectivity index (χ2n) is 18.7.